The van der Waals surface area contributed by atoms with Crippen molar-refractivity contribution in [2.75, 3.05) is 5.75 Å². The van der Waals surface area contributed by atoms with Crippen molar-refractivity contribution in [3.8, 4) is 22.8 Å². The fraction of sp³-hybridized carbons (Fsp3) is 0.150. The minimum Gasteiger partial charge on any atom is -0.611 e. The van der Waals surface area contributed by atoms with E-state index in [0.717, 1.165) is 12.1 Å². The van der Waals surface area contributed by atoms with Gasteiger partial charge in [-0.25, -0.2) is 8.78 Å². The Morgan fingerprint density at radius 3 is 2.44 bits per heavy atom. The van der Waals surface area contributed by atoms with Crippen LogP contribution in [0.25, 0.3) is 11.3 Å². The smallest absolute Gasteiger partial charge is 0.228 e. The molecule has 0 aliphatic rings. The molecule has 1 heterocycles. The topological polar surface area (TPSA) is 62.5 Å². The van der Waals surface area contributed by atoms with Crippen molar-refractivity contribution in [2.24, 2.45) is 0 Å². The van der Waals surface area contributed by atoms with E-state index in [4.69, 9.17) is 9.15 Å². The molecular weight excluding hydrogens is 374 g/mol. The van der Waals surface area contributed by atoms with Gasteiger partial charge < -0.3 is 13.7 Å². The van der Waals surface area contributed by atoms with Crippen molar-refractivity contribution in [3.63, 3.8) is 0 Å². The van der Waals surface area contributed by atoms with Gasteiger partial charge >= 0.3 is 0 Å². The van der Waals surface area contributed by atoms with Crippen LogP contribution >= 0.6 is 0 Å². The zero-order valence-electron chi connectivity index (χ0n) is 14.6. The summed E-state index contributed by atoms with van der Waals surface area (Å²) in [5.41, 5.74) is 0.00357. The van der Waals surface area contributed by atoms with Crippen LogP contribution in [-0.4, -0.2) is 10.3 Å². The molecule has 0 saturated carbocycles. The molecule has 0 aliphatic carbocycles. The number of halogens is 2. The molecular formula is C20H16F2O4S. The molecule has 1 aromatic heterocycles. The fourth-order valence-electron chi connectivity index (χ4n) is 2.48. The van der Waals surface area contributed by atoms with Gasteiger partial charge in [0.15, 0.2) is 22.2 Å². The normalized spacial score (nSPS) is 12.0. The molecule has 0 radical (unpaired) electrons. The summed E-state index contributed by atoms with van der Waals surface area (Å²) in [7, 11) is 0. The van der Waals surface area contributed by atoms with E-state index in [2.05, 4.69) is 0 Å². The standard InChI is InChI=1S/C20H16F2O4S/c1-3-27(24)15-7-4-13(5-8-15)19-20(17(23)10-12(2)25-19)26-18-9-6-14(21)11-16(18)22/h4-11H,3H2,1-2H3. The maximum Gasteiger partial charge on any atom is 0.228 e. The molecule has 1 atom stereocenters. The number of aryl methyl sites for hydroxylation is 1. The monoisotopic (exact) mass is 390 g/mol. The molecule has 0 bridgehead atoms. The summed E-state index contributed by atoms with van der Waals surface area (Å²) in [6.07, 6.45) is 0. The molecule has 27 heavy (non-hydrogen) atoms. The summed E-state index contributed by atoms with van der Waals surface area (Å²) in [6.45, 7) is 3.42. The Labute approximate surface area is 157 Å². The van der Waals surface area contributed by atoms with Crippen molar-refractivity contribution in [1.82, 2.24) is 0 Å². The predicted octanol–water partition coefficient (Wildman–Crippen LogP) is 4.81. The Bertz CT molecular complexity index is 1020. The van der Waals surface area contributed by atoms with Crippen LogP contribution in [0.2, 0.25) is 0 Å². The molecule has 7 heteroatoms. The van der Waals surface area contributed by atoms with Gasteiger partial charge in [-0.15, -0.1) is 0 Å². The first kappa shape index (κ1) is 19.1. The van der Waals surface area contributed by atoms with E-state index in [1.54, 1.807) is 31.2 Å². The Balaban J connectivity index is 2.06. The highest BCUT2D eigenvalue weighted by Crippen LogP contribution is 2.33. The molecule has 0 spiro atoms. The molecule has 0 amide bonds. The van der Waals surface area contributed by atoms with Gasteiger partial charge in [-0.2, -0.15) is 0 Å². The van der Waals surface area contributed by atoms with Crippen LogP contribution in [-0.2, 0) is 11.2 Å². The molecule has 4 nitrogen and oxygen atoms in total. The summed E-state index contributed by atoms with van der Waals surface area (Å²) in [6, 6.07) is 10.6. The van der Waals surface area contributed by atoms with E-state index >= 15 is 0 Å². The minimum atomic E-state index is -1.11. The molecule has 3 rings (SSSR count). The third kappa shape index (κ3) is 4.20. The predicted molar refractivity (Wildman–Crippen MR) is 98.5 cm³/mol. The molecule has 1 unspecified atom stereocenters. The average molecular weight is 390 g/mol. The van der Waals surface area contributed by atoms with Crippen LogP contribution in [0.4, 0.5) is 8.78 Å². The molecule has 0 fully saturated rings. The summed E-state index contributed by atoms with van der Waals surface area (Å²) >= 11 is -1.11. The van der Waals surface area contributed by atoms with Crippen LogP contribution in [0.3, 0.4) is 0 Å². The van der Waals surface area contributed by atoms with Gasteiger partial charge in [0.25, 0.3) is 0 Å². The van der Waals surface area contributed by atoms with E-state index in [9.17, 15) is 18.1 Å². The lowest BCUT2D eigenvalue weighted by molar-refractivity contribution is 0.412. The van der Waals surface area contributed by atoms with Gasteiger partial charge in [-0.05, 0) is 61.4 Å². The van der Waals surface area contributed by atoms with Crippen LogP contribution in [0.1, 0.15) is 12.7 Å². The van der Waals surface area contributed by atoms with Crippen molar-refractivity contribution >= 4 is 11.2 Å². The molecule has 0 saturated heterocycles. The Morgan fingerprint density at radius 2 is 1.81 bits per heavy atom. The van der Waals surface area contributed by atoms with Crippen molar-refractivity contribution in [3.05, 3.63) is 76.1 Å². The fourth-order valence-corrected chi connectivity index (χ4v) is 3.25. The van der Waals surface area contributed by atoms with Crippen LogP contribution in [0, 0.1) is 18.6 Å². The minimum absolute atomic E-state index is 0.109. The molecule has 0 N–H and O–H groups in total. The van der Waals surface area contributed by atoms with Gasteiger partial charge in [0.05, 0.1) is 0 Å². The highest BCUT2D eigenvalue weighted by Gasteiger charge is 2.18. The number of benzene rings is 2. The Kier molecular flexibility index (Phi) is 5.62. The van der Waals surface area contributed by atoms with Gasteiger partial charge in [0.2, 0.25) is 11.2 Å². The summed E-state index contributed by atoms with van der Waals surface area (Å²) < 4.78 is 50.0. The maximum absolute atomic E-state index is 13.9. The first-order chi connectivity index (χ1) is 12.9. The lowest BCUT2D eigenvalue weighted by atomic mass is 10.1. The quantitative estimate of drug-likeness (QED) is 0.587. The Hall–Kier alpha value is -2.64. The number of hydrogen-bond acceptors (Lipinski definition) is 4. The molecule has 140 valence electrons. The highest BCUT2D eigenvalue weighted by atomic mass is 32.2. The molecule has 0 aliphatic heterocycles. The number of ether oxygens (including phenoxy) is 1. The average Bonchev–Trinajstić information content (AvgIpc) is 2.65. The van der Waals surface area contributed by atoms with E-state index in [1.807, 2.05) is 6.92 Å². The second-order valence-corrected chi connectivity index (χ2v) is 7.45. The van der Waals surface area contributed by atoms with Gasteiger partial charge in [0.1, 0.15) is 17.3 Å². The van der Waals surface area contributed by atoms with Crippen LogP contribution < -0.4 is 10.2 Å². The number of rotatable bonds is 5. The molecule has 3 aromatic rings. The second kappa shape index (κ2) is 7.94. The zero-order chi connectivity index (χ0) is 19.6. The first-order valence-corrected chi connectivity index (χ1v) is 9.47. The molecule has 2 aromatic carbocycles. The van der Waals surface area contributed by atoms with Crippen molar-refractivity contribution in [2.45, 2.75) is 18.7 Å². The van der Waals surface area contributed by atoms with E-state index in [0.29, 0.717) is 28.0 Å². The van der Waals surface area contributed by atoms with Gasteiger partial charge in [-0.1, -0.05) is 0 Å². The third-order valence-corrected chi connectivity index (χ3v) is 5.10. The second-order valence-electron chi connectivity index (χ2n) is 5.71. The van der Waals surface area contributed by atoms with E-state index in [1.165, 1.54) is 6.07 Å². The van der Waals surface area contributed by atoms with Gasteiger partial charge in [-0.3, -0.25) is 4.79 Å². The summed E-state index contributed by atoms with van der Waals surface area (Å²) in [5.74, 6) is -1.25. The Morgan fingerprint density at radius 1 is 1.11 bits per heavy atom. The summed E-state index contributed by atoms with van der Waals surface area (Å²) in [5, 5.41) is 0. The lowest BCUT2D eigenvalue weighted by Gasteiger charge is -2.12. The number of hydrogen-bond donors (Lipinski definition) is 0. The van der Waals surface area contributed by atoms with Gasteiger partial charge in [0, 0.05) is 17.7 Å². The van der Waals surface area contributed by atoms with Crippen LogP contribution in [0.5, 0.6) is 11.5 Å². The third-order valence-electron chi connectivity index (χ3n) is 3.77. The first-order valence-electron chi connectivity index (χ1n) is 8.15. The van der Waals surface area contributed by atoms with Crippen molar-refractivity contribution in [1.29, 1.82) is 0 Å². The lowest BCUT2D eigenvalue weighted by Crippen LogP contribution is -2.07. The van der Waals surface area contributed by atoms with E-state index in [-0.39, 0.29) is 17.3 Å². The maximum atomic E-state index is 13.9. The zero-order valence-corrected chi connectivity index (χ0v) is 15.4. The summed E-state index contributed by atoms with van der Waals surface area (Å²) in [4.78, 5) is 13.1. The van der Waals surface area contributed by atoms with E-state index < -0.39 is 28.2 Å². The van der Waals surface area contributed by atoms with Crippen molar-refractivity contribution < 1.29 is 22.5 Å². The largest absolute Gasteiger partial charge is 0.611 e. The SMILES string of the molecule is CC[S+]([O-])c1ccc(-c2oc(C)cc(=O)c2Oc2ccc(F)cc2F)cc1. The highest BCUT2D eigenvalue weighted by molar-refractivity contribution is 7.91. The van der Waals surface area contributed by atoms with Crippen LogP contribution in [0.15, 0.2) is 62.6 Å².